The van der Waals surface area contributed by atoms with E-state index in [-0.39, 0.29) is 0 Å². The molecule has 0 spiro atoms. The molecule has 0 aromatic rings. The van der Waals surface area contributed by atoms with Gasteiger partial charge in [-0.05, 0) is 0 Å². The fourth-order valence-electron chi connectivity index (χ4n) is 2.87. The van der Waals surface area contributed by atoms with Crippen LogP contribution in [0, 0.1) is 0 Å². The van der Waals surface area contributed by atoms with Gasteiger partial charge < -0.3 is 0 Å². The molecule has 19 heavy (non-hydrogen) atoms. The molecule has 0 heterocycles. The van der Waals surface area contributed by atoms with Gasteiger partial charge in [-0.15, -0.1) is 0 Å². The van der Waals surface area contributed by atoms with Crippen LogP contribution < -0.4 is 0 Å². The summed E-state index contributed by atoms with van der Waals surface area (Å²) in [6, 6.07) is 0. The Hall–Kier alpha value is 0.539. The summed E-state index contributed by atoms with van der Waals surface area (Å²) in [7, 11) is 0. The van der Waals surface area contributed by atoms with Gasteiger partial charge in [0.2, 0.25) is 0 Å². The molecule has 0 unspecified atom stereocenters. The van der Waals surface area contributed by atoms with Gasteiger partial charge in [-0.2, -0.15) is 0 Å². The SMILES string of the molecule is CCC[CH2][Sn]([CH2]/C=C(\C)CC)([CH2]CCC)[CH2]CCC. The Morgan fingerprint density at radius 1 is 0.789 bits per heavy atom. The molecule has 0 saturated carbocycles. The normalized spacial score (nSPS) is 13.0. The van der Waals surface area contributed by atoms with Gasteiger partial charge >= 0.3 is 127 Å². The van der Waals surface area contributed by atoms with Gasteiger partial charge in [0.05, 0.1) is 0 Å². The zero-order valence-corrected chi connectivity index (χ0v) is 17.2. The molecule has 0 rings (SSSR count). The van der Waals surface area contributed by atoms with E-state index < -0.39 is 18.4 Å². The maximum atomic E-state index is 2.64. The third-order valence-corrected chi connectivity index (χ3v) is 19.8. The predicted octanol–water partition coefficient (Wildman–Crippen LogP) is 7.19. The first-order valence-electron chi connectivity index (χ1n) is 8.79. The number of hydrogen-bond donors (Lipinski definition) is 0. The summed E-state index contributed by atoms with van der Waals surface area (Å²) >= 11 is -1.85. The summed E-state index contributed by atoms with van der Waals surface area (Å²) in [4.78, 5) is 0. The summed E-state index contributed by atoms with van der Waals surface area (Å²) in [6.07, 6.45) is 12.6. The second-order valence-electron chi connectivity index (χ2n) is 6.42. The molecule has 0 aliphatic heterocycles. The van der Waals surface area contributed by atoms with Crippen LogP contribution in [0.2, 0.25) is 17.7 Å². The molecule has 0 nitrogen and oxygen atoms in total. The van der Waals surface area contributed by atoms with Gasteiger partial charge in [-0.1, -0.05) is 0 Å². The van der Waals surface area contributed by atoms with E-state index >= 15 is 0 Å². The van der Waals surface area contributed by atoms with Gasteiger partial charge in [0.25, 0.3) is 0 Å². The van der Waals surface area contributed by atoms with Crippen LogP contribution in [0.1, 0.15) is 79.6 Å². The Morgan fingerprint density at radius 3 is 1.53 bits per heavy atom. The van der Waals surface area contributed by atoms with Gasteiger partial charge in [-0.25, -0.2) is 0 Å². The van der Waals surface area contributed by atoms with Crippen LogP contribution in [-0.2, 0) is 0 Å². The average Bonchev–Trinajstić information content (AvgIpc) is 2.45. The van der Waals surface area contributed by atoms with Crippen LogP contribution in [0.3, 0.4) is 0 Å². The molecule has 0 atom stereocenters. The van der Waals surface area contributed by atoms with E-state index in [0.717, 1.165) is 0 Å². The summed E-state index contributed by atoms with van der Waals surface area (Å²) < 4.78 is 6.49. The van der Waals surface area contributed by atoms with Crippen molar-refractivity contribution in [1.82, 2.24) is 0 Å². The van der Waals surface area contributed by atoms with Crippen molar-refractivity contribution in [2.75, 3.05) is 0 Å². The van der Waals surface area contributed by atoms with Crippen molar-refractivity contribution < 1.29 is 0 Å². The van der Waals surface area contributed by atoms with Crippen molar-refractivity contribution in [2.24, 2.45) is 0 Å². The topological polar surface area (TPSA) is 0 Å². The average molecular weight is 373 g/mol. The monoisotopic (exact) mass is 374 g/mol. The zero-order valence-electron chi connectivity index (χ0n) is 14.4. The molecule has 0 aliphatic rings. The second kappa shape index (κ2) is 12.3. The predicted molar refractivity (Wildman–Crippen MR) is 93.8 cm³/mol. The standard InChI is InChI=1S/C6H11.3C4H9.Sn/c1-4-6(3)5-2;3*1-3-4-2;/h4H,1,5H2,2-3H3;3*1,3-4H2,2H3;/b6-4+;;;;. The first kappa shape index (κ1) is 19.5. The Balaban J connectivity index is 4.75. The molecule has 0 aliphatic carbocycles. The number of rotatable bonds is 12. The van der Waals surface area contributed by atoms with Crippen LogP contribution >= 0.6 is 0 Å². The van der Waals surface area contributed by atoms with E-state index in [1.54, 1.807) is 18.9 Å². The van der Waals surface area contributed by atoms with Crippen molar-refractivity contribution in [1.29, 1.82) is 0 Å². The first-order chi connectivity index (χ1) is 9.14. The molecule has 0 N–H and O–H groups in total. The Morgan fingerprint density at radius 2 is 1.21 bits per heavy atom. The molecule has 0 saturated heterocycles. The Bertz CT molecular complexity index is 208. The van der Waals surface area contributed by atoms with Crippen LogP contribution in [0.4, 0.5) is 0 Å². The van der Waals surface area contributed by atoms with Crippen LogP contribution in [0.5, 0.6) is 0 Å². The first-order valence-corrected chi connectivity index (χ1v) is 16.9. The van der Waals surface area contributed by atoms with E-state index in [0.29, 0.717) is 0 Å². The van der Waals surface area contributed by atoms with E-state index in [1.165, 1.54) is 49.4 Å². The molecule has 0 amide bonds. The molecular formula is C18H38Sn. The minimum absolute atomic E-state index is 1.25. The molecule has 0 aromatic carbocycles. The van der Waals surface area contributed by atoms with Crippen molar-refractivity contribution in [3.8, 4) is 0 Å². The second-order valence-corrected chi connectivity index (χ2v) is 20.4. The number of allylic oxidation sites excluding steroid dienone is 2. The quantitative estimate of drug-likeness (QED) is 0.251. The fraction of sp³-hybridized carbons (Fsp3) is 0.889. The molecule has 0 aromatic heterocycles. The van der Waals surface area contributed by atoms with Crippen LogP contribution in [0.15, 0.2) is 11.6 Å². The molecule has 1 heteroatoms. The van der Waals surface area contributed by atoms with Gasteiger partial charge in [-0.3, -0.25) is 0 Å². The molecule has 0 radical (unpaired) electrons. The van der Waals surface area contributed by atoms with E-state index in [2.05, 4.69) is 40.7 Å². The molecule has 0 fully saturated rings. The molecule has 114 valence electrons. The third-order valence-electron chi connectivity index (χ3n) is 4.62. The number of unbranched alkanes of at least 4 members (excludes halogenated alkanes) is 3. The van der Waals surface area contributed by atoms with Gasteiger partial charge in [0.15, 0.2) is 0 Å². The Labute approximate surface area is 127 Å². The summed E-state index contributed by atoms with van der Waals surface area (Å²) in [6.45, 7) is 11.7. The van der Waals surface area contributed by atoms with Gasteiger partial charge in [0.1, 0.15) is 0 Å². The number of hydrogen-bond acceptors (Lipinski definition) is 0. The van der Waals surface area contributed by atoms with Gasteiger partial charge in [0, 0.05) is 0 Å². The third kappa shape index (κ3) is 9.15. The van der Waals surface area contributed by atoms with Crippen molar-refractivity contribution in [3.05, 3.63) is 11.6 Å². The summed E-state index contributed by atoms with van der Waals surface area (Å²) in [5, 5.41) is 0. The van der Waals surface area contributed by atoms with Crippen molar-refractivity contribution >= 4 is 18.4 Å². The summed E-state index contributed by atoms with van der Waals surface area (Å²) in [5.74, 6) is 0. The maximum absolute atomic E-state index is 2.64. The van der Waals surface area contributed by atoms with Crippen molar-refractivity contribution in [2.45, 2.75) is 97.3 Å². The fourth-order valence-corrected chi connectivity index (χ4v) is 18.4. The summed E-state index contributed by atoms with van der Waals surface area (Å²) in [5.41, 5.74) is 1.63. The van der Waals surface area contributed by atoms with Crippen LogP contribution in [0.25, 0.3) is 0 Å². The molecular weight excluding hydrogens is 335 g/mol. The zero-order chi connectivity index (χ0) is 14.6. The van der Waals surface area contributed by atoms with Crippen LogP contribution in [-0.4, -0.2) is 18.4 Å². The molecule has 0 bridgehead atoms. The van der Waals surface area contributed by atoms with E-state index in [9.17, 15) is 0 Å². The van der Waals surface area contributed by atoms with E-state index in [4.69, 9.17) is 0 Å². The minimum atomic E-state index is -1.85. The van der Waals surface area contributed by atoms with Crippen molar-refractivity contribution in [3.63, 3.8) is 0 Å². The Kier molecular flexibility index (Phi) is 12.6. The van der Waals surface area contributed by atoms with E-state index in [1.807, 2.05) is 0 Å².